The number of carbonyl (C=O) groups excluding carboxylic acids is 2. The fourth-order valence-corrected chi connectivity index (χ4v) is 2.49. The van der Waals surface area contributed by atoms with Gasteiger partial charge in [0, 0.05) is 18.8 Å². The van der Waals surface area contributed by atoms with Crippen molar-refractivity contribution in [2.24, 2.45) is 5.92 Å². The number of piperidine rings is 1. The van der Waals surface area contributed by atoms with E-state index in [0.717, 1.165) is 31.5 Å². The zero-order chi connectivity index (χ0) is 15.4. The number of nitrogens with two attached hydrogens (primary N) is 1. The quantitative estimate of drug-likeness (QED) is 0.682. The van der Waals surface area contributed by atoms with Gasteiger partial charge in [-0.1, -0.05) is 13.0 Å². The van der Waals surface area contributed by atoms with E-state index in [1.165, 1.54) is 0 Å². The minimum atomic E-state index is -0.514. The van der Waals surface area contributed by atoms with Crippen LogP contribution in [0.1, 0.15) is 35.7 Å². The van der Waals surface area contributed by atoms with Crippen LogP contribution in [0.3, 0.4) is 0 Å². The number of nitrogen functional groups attached to an aromatic ring is 1. The Balaban J connectivity index is 1.88. The van der Waals surface area contributed by atoms with E-state index in [4.69, 9.17) is 10.5 Å². The molecule has 21 heavy (non-hydrogen) atoms. The third kappa shape index (κ3) is 3.97. The molecule has 2 N–H and O–H groups in total. The zero-order valence-corrected chi connectivity index (χ0v) is 12.6. The van der Waals surface area contributed by atoms with Crippen molar-refractivity contribution in [1.29, 1.82) is 0 Å². The number of ether oxygens (including phenoxy) is 1. The summed E-state index contributed by atoms with van der Waals surface area (Å²) in [5, 5.41) is 0. The Morgan fingerprint density at radius 1 is 1.43 bits per heavy atom. The smallest absolute Gasteiger partial charge is 0.338 e. The molecule has 1 fully saturated rings. The third-order valence-corrected chi connectivity index (χ3v) is 3.85. The average Bonchev–Trinajstić information content (AvgIpc) is 2.47. The molecular formula is C16H22N2O3. The second-order valence-electron chi connectivity index (χ2n) is 5.73. The zero-order valence-electron chi connectivity index (χ0n) is 12.6. The molecule has 0 spiro atoms. The van der Waals surface area contributed by atoms with Gasteiger partial charge < -0.3 is 15.4 Å². The summed E-state index contributed by atoms with van der Waals surface area (Å²) in [5.41, 5.74) is 7.59. The molecule has 114 valence electrons. The number of amides is 1. The van der Waals surface area contributed by atoms with Crippen LogP contribution in [-0.4, -0.2) is 36.5 Å². The van der Waals surface area contributed by atoms with Gasteiger partial charge in [-0.05, 0) is 43.4 Å². The monoisotopic (exact) mass is 290 g/mol. The second-order valence-corrected chi connectivity index (χ2v) is 5.73. The number of nitrogens with zero attached hydrogens (tertiary/aromatic N) is 1. The number of esters is 1. The van der Waals surface area contributed by atoms with Crippen LogP contribution < -0.4 is 5.73 Å². The standard InChI is InChI=1S/C16H22N2O3/c1-11-4-3-7-18(9-11)15(19)10-21-16(20)13-6-5-12(2)14(17)8-13/h5-6,8,11H,3-4,7,9-10,17H2,1-2H3. The number of carbonyl (C=O) groups is 2. The van der Waals surface area contributed by atoms with Crippen LogP contribution in [0.2, 0.25) is 0 Å². The lowest BCUT2D eigenvalue weighted by Crippen LogP contribution is -2.41. The fraction of sp³-hybridized carbons (Fsp3) is 0.500. The molecule has 5 nitrogen and oxygen atoms in total. The molecule has 0 saturated carbocycles. The minimum Gasteiger partial charge on any atom is -0.452 e. The van der Waals surface area contributed by atoms with Crippen molar-refractivity contribution < 1.29 is 14.3 Å². The first kappa shape index (κ1) is 15.4. The van der Waals surface area contributed by atoms with Crippen molar-refractivity contribution in [3.05, 3.63) is 29.3 Å². The lowest BCUT2D eigenvalue weighted by atomic mass is 10.0. The Bertz CT molecular complexity index is 542. The van der Waals surface area contributed by atoms with E-state index in [9.17, 15) is 9.59 Å². The number of anilines is 1. The normalized spacial score (nSPS) is 18.4. The maximum atomic E-state index is 12.0. The summed E-state index contributed by atoms with van der Waals surface area (Å²) < 4.78 is 5.09. The van der Waals surface area contributed by atoms with Gasteiger partial charge in [0.2, 0.25) is 0 Å². The Morgan fingerprint density at radius 3 is 2.86 bits per heavy atom. The molecule has 0 bridgehead atoms. The van der Waals surface area contributed by atoms with Crippen molar-refractivity contribution in [2.45, 2.75) is 26.7 Å². The SMILES string of the molecule is Cc1ccc(C(=O)OCC(=O)N2CCCC(C)C2)cc1N. The number of hydrogen-bond acceptors (Lipinski definition) is 4. The van der Waals surface area contributed by atoms with E-state index in [-0.39, 0.29) is 12.5 Å². The molecule has 0 radical (unpaired) electrons. The molecule has 1 aliphatic rings. The molecular weight excluding hydrogens is 268 g/mol. The first-order valence-electron chi connectivity index (χ1n) is 7.28. The van der Waals surface area contributed by atoms with Crippen LogP contribution in [0.25, 0.3) is 0 Å². The molecule has 1 amide bonds. The Labute approximate surface area is 125 Å². The summed E-state index contributed by atoms with van der Waals surface area (Å²) >= 11 is 0. The van der Waals surface area contributed by atoms with E-state index in [1.54, 1.807) is 23.1 Å². The Hall–Kier alpha value is -2.04. The molecule has 2 rings (SSSR count). The average molecular weight is 290 g/mol. The highest BCUT2D eigenvalue weighted by molar-refractivity contribution is 5.92. The van der Waals surface area contributed by atoms with E-state index < -0.39 is 5.97 Å². The summed E-state index contributed by atoms with van der Waals surface area (Å²) in [6, 6.07) is 4.99. The van der Waals surface area contributed by atoms with Crippen LogP contribution in [0.15, 0.2) is 18.2 Å². The van der Waals surface area contributed by atoms with E-state index >= 15 is 0 Å². The van der Waals surface area contributed by atoms with Crippen molar-refractivity contribution in [3.8, 4) is 0 Å². The number of aryl methyl sites for hydroxylation is 1. The van der Waals surface area contributed by atoms with E-state index in [0.29, 0.717) is 17.2 Å². The van der Waals surface area contributed by atoms with Crippen LogP contribution in [0.5, 0.6) is 0 Å². The second kappa shape index (κ2) is 6.61. The number of rotatable bonds is 3. The highest BCUT2D eigenvalue weighted by Crippen LogP contribution is 2.16. The van der Waals surface area contributed by atoms with Crippen LogP contribution >= 0.6 is 0 Å². The van der Waals surface area contributed by atoms with Crippen LogP contribution in [0, 0.1) is 12.8 Å². The van der Waals surface area contributed by atoms with Gasteiger partial charge in [0.25, 0.3) is 5.91 Å². The summed E-state index contributed by atoms with van der Waals surface area (Å²) in [6.07, 6.45) is 2.15. The van der Waals surface area contributed by atoms with Crippen molar-refractivity contribution >= 4 is 17.6 Å². The number of hydrogen-bond donors (Lipinski definition) is 1. The minimum absolute atomic E-state index is 0.130. The topological polar surface area (TPSA) is 72.6 Å². The van der Waals surface area contributed by atoms with Gasteiger partial charge in [-0.25, -0.2) is 4.79 Å². The molecule has 1 unspecified atom stereocenters. The first-order valence-corrected chi connectivity index (χ1v) is 7.28. The van der Waals surface area contributed by atoms with Crippen molar-refractivity contribution in [1.82, 2.24) is 4.90 Å². The molecule has 1 saturated heterocycles. The molecule has 1 aromatic carbocycles. The van der Waals surface area contributed by atoms with Gasteiger partial charge in [0.05, 0.1) is 5.56 Å². The molecule has 5 heteroatoms. The van der Waals surface area contributed by atoms with Gasteiger partial charge >= 0.3 is 5.97 Å². The molecule has 1 aliphatic heterocycles. The lowest BCUT2D eigenvalue weighted by Gasteiger charge is -2.30. The van der Waals surface area contributed by atoms with Gasteiger partial charge in [-0.15, -0.1) is 0 Å². The fourth-order valence-electron chi connectivity index (χ4n) is 2.49. The summed E-state index contributed by atoms with van der Waals surface area (Å²) in [5.74, 6) is -0.134. The van der Waals surface area contributed by atoms with Gasteiger partial charge in [0.15, 0.2) is 6.61 Å². The maximum Gasteiger partial charge on any atom is 0.338 e. The Morgan fingerprint density at radius 2 is 2.19 bits per heavy atom. The molecule has 0 aliphatic carbocycles. The van der Waals surface area contributed by atoms with Gasteiger partial charge in [-0.3, -0.25) is 4.79 Å². The van der Waals surface area contributed by atoms with Crippen LogP contribution in [0.4, 0.5) is 5.69 Å². The van der Waals surface area contributed by atoms with Crippen molar-refractivity contribution in [2.75, 3.05) is 25.4 Å². The molecule has 0 aromatic heterocycles. The number of benzene rings is 1. The van der Waals surface area contributed by atoms with Gasteiger partial charge in [0.1, 0.15) is 0 Å². The van der Waals surface area contributed by atoms with Crippen LogP contribution in [-0.2, 0) is 9.53 Å². The largest absolute Gasteiger partial charge is 0.452 e. The highest BCUT2D eigenvalue weighted by Gasteiger charge is 2.22. The summed E-state index contributed by atoms with van der Waals surface area (Å²) in [6.45, 7) is 5.28. The summed E-state index contributed by atoms with van der Waals surface area (Å²) in [7, 11) is 0. The van der Waals surface area contributed by atoms with Gasteiger partial charge in [-0.2, -0.15) is 0 Å². The van der Waals surface area contributed by atoms with Crippen molar-refractivity contribution in [3.63, 3.8) is 0 Å². The first-order chi connectivity index (χ1) is 9.97. The Kier molecular flexibility index (Phi) is 4.83. The molecule has 1 atom stereocenters. The molecule has 1 aromatic rings. The van der Waals surface area contributed by atoms with E-state index in [1.807, 2.05) is 6.92 Å². The highest BCUT2D eigenvalue weighted by atomic mass is 16.5. The summed E-state index contributed by atoms with van der Waals surface area (Å²) in [4.78, 5) is 25.7. The predicted octanol–water partition coefficient (Wildman–Crippen LogP) is 1.99. The lowest BCUT2D eigenvalue weighted by molar-refractivity contribution is -0.136. The molecule has 1 heterocycles. The van der Waals surface area contributed by atoms with E-state index in [2.05, 4.69) is 6.92 Å². The number of likely N-dealkylation sites (tertiary alicyclic amines) is 1. The third-order valence-electron chi connectivity index (χ3n) is 3.85. The predicted molar refractivity (Wildman–Crippen MR) is 80.9 cm³/mol. The maximum absolute atomic E-state index is 12.0.